The number of nitro groups is 1. The number of phenols is 3. The number of carbonyl (C=O) groups is 1. The molecule has 0 heterocycles. The Bertz CT molecular complexity index is 804. The zero-order valence-corrected chi connectivity index (χ0v) is 12.6. The molecule has 0 radical (unpaired) electrons. The monoisotopic (exact) mass is 358 g/mol. The summed E-state index contributed by atoms with van der Waals surface area (Å²) in [5.41, 5.74) is -1.73. The molecule has 0 aliphatic carbocycles. The number of hydrogen-bond acceptors (Lipinski definition) is 6. The Morgan fingerprint density at radius 3 is 2.13 bits per heavy atom. The predicted octanol–water partition coefficient (Wildman–Crippen LogP) is 3.27. The Morgan fingerprint density at radius 2 is 1.61 bits per heavy atom. The Hall–Kier alpha value is -2.71. The van der Waals surface area contributed by atoms with Gasteiger partial charge in [0.1, 0.15) is 11.3 Å². The van der Waals surface area contributed by atoms with Gasteiger partial charge < -0.3 is 20.6 Å². The standard InChI is InChI=1S/C13H8Cl2N2O6/c14-5-1-6(15)3-7(2-5)16-13(21)10-8(18)4-9(19)11(12(10)20)17(22)23/h1-4,18-20H,(H,16,21). The zero-order valence-electron chi connectivity index (χ0n) is 11.1. The molecule has 0 aromatic heterocycles. The highest BCUT2D eigenvalue weighted by Gasteiger charge is 2.30. The Labute approximate surface area is 138 Å². The molecular weight excluding hydrogens is 351 g/mol. The second-order valence-electron chi connectivity index (χ2n) is 4.36. The second kappa shape index (κ2) is 6.19. The van der Waals surface area contributed by atoms with Crippen LogP contribution in [0.3, 0.4) is 0 Å². The normalized spacial score (nSPS) is 10.3. The summed E-state index contributed by atoms with van der Waals surface area (Å²) in [6.45, 7) is 0. The van der Waals surface area contributed by atoms with Gasteiger partial charge in [-0.2, -0.15) is 0 Å². The van der Waals surface area contributed by atoms with Gasteiger partial charge in [-0.05, 0) is 18.2 Å². The van der Waals surface area contributed by atoms with Crippen LogP contribution >= 0.6 is 23.2 Å². The number of phenolic OH excluding ortho intramolecular Hbond substituents is 3. The summed E-state index contributed by atoms with van der Waals surface area (Å²) in [5, 5.41) is 42.4. The van der Waals surface area contributed by atoms with Crippen molar-refractivity contribution in [1.29, 1.82) is 0 Å². The molecule has 2 rings (SSSR count). The van der Waals surface area contributed by atoms with Gasteiger partial charge in [0, 0.05) is 21.8 Å². The maximum absolute atomic E-state index is 12.1. The van der Waals surface area contributed by atoms with Crippen LogP contribution in [0.1, 0.15) is 10.4 Å². The molecule has 4 N–H and O–H groups in total. The number of nitrogens with one attached hydrogen (secondary N) is 1. The van der Waals surface area contributed by atoms with E-state index in [0.29, 0.717) is 6.07 Å². The quantitative estimate of drug-likeness (QED) is 0.491. The van der Waals surface area contributed by atoms with Crippen LogP contribution in [0.25, 0.3) is 0 Å². The lowest BCUT2D eigenvalue weighted by atomic mass is 10.1. The number of hydrogen-bond donors (Lipinski definition) is 4. The number of halogens is 2. The molecule has 0 aliphatic heterocycles. The maximum atomic E-state index is 12.1. The van der Waals surface area contributed by atoms with E-state index >= 15 is 0 Å². The van der Waals surface area contributed by atoms with Gasteiger partial charge in [0.2, 0.25) is 11.5 Å². The fraction of sp³-hybridized carbons (Fsp3) is 0. The molecule has 0 spiro atoms. The van der Waals surface area contributed by atoms with Gasteiger partial charge in [0.25, 0.3) is 5.91 Å². The number of nitro benzene ring substituents is 1. The van der Waals surface area contributed by atoms with Gasteiger partial charge in [0.15, 0.2) is 0 Å². The second-order valence-corrected chi connectivity index (χ2v) is 5.23. The molecule has 0 fully saturated rings. The minimum absolute atomic E-state index is 0.141. The molecule has 0 saturated heterocycles. The van der Waals surface area contributed by atoms with Crippen LogP contribution in [-0.4, -0.2) is 26.2 Å². The molecule has 0 unspecified atom stereocenters. The van der Waals surface area contributed by atoms with Gasteiger partial charge in [-0.1, -0.05) is 23.2 Å². The van der Waals surface area contributed by atoms with Crippen LogP contribution in [-0.2, 0) is 0 Å². The third-order valence-electron chi connectivity index (χ3n) is 2.76. The predicted molar refractivity (Wildman–Crippen MR) is 82.5 cm³/mol. The topological polar surface area (TPSA) is 133 Å². The van der Waals surface area contributed by atoms with Crippen molar-refractivity contribution in [2.24, 2.45) is 0 Å². The Kier molecular flexibility index (Phi) is 4.48. The molecular formula is C13H8Cl2N2O6. The first-order valence-electron chi connectivity index (χ1n) is 5.90. The number of nitrogens with zero attached hydrogens (tertiary/aromatic N) is 1. The lowest BCUT2D eigenvalue weighted by Crippen LogP contribution is -2.13. The van der Waals surface area contributed by atoms with Crippen molar-refractivity contribution in [2.75, 3.05) is 5.32 Å². The van der Waals surface area contributed by atoms with Crippen LogP contribution in [0.5, 0.6) is 17.2 Å². The van der Waals surface area contributed by atoms with Crippen molar-refractivity contribution in [3.8, 4) is 17.2 Å². The van der Waals surface area contributed by atoms with E-state index in [1.54, 1.807) is 0 Å². The van der Waals surface area contributed by atoms with Crippen LogP contribution in [0.15, 0.2) is 24.3 Å². The Balaban J connectivity index is 2.47. The van der Waals surface area contributed by atoms with Gasteiger partial charge in [0.05, 0.1) is 4.92 Å². The molecule has 2 aromatic carbocycles. The summed E-state index contributed by atoms with van der Waals surface area (Å²) in [4.78, 5) is 21.9. The summed E-state index contributed by atoms with van der Waals surface area (Å²) < 4.78 is 0. The van der Waals surface area contributed by atoms with Crippen LogP contribution < -0.4 is 5.32 Å². The number of carbonyl (C=O) groups excluding carboxylic acids is 1. The summed E-state index contributed by atoms with van der Waals surface area (Å²) >= 11 is 11.5. The SMILES string of the molecule is O=C(Nc1cc(Cl)cc(Cl)c1)c1c(O)cc(O)c([N+](=O)[O-])c1O. The lowest BCUT2D eigenvalue weighted by molar-refractivity contribution is -0.386. The van der Waals surface area contributed by atoms with Crippen molar-refractivity contribution in [1.82, 2.24) is 0 Å². The fourth-order valence-corrected chi connectivity index (χ4v) is 2.38. The van der Waals surface area contributed by atoms with Gasteiger partial charge >= 0.3 is 5.69 Å². The lowest BCUT2D eigenvalue weighted by Gasteiger charge is -2.10. The first-order chi connectivity index (χ1) is 10.7. The highest BCUT2D eigenvalue weighted by molar-refractivity contribution is 6.35. The molecule has 8 nitrogen and oxygen atoms in total. The Morgan fingerprint density at radius 1 is 1.04 bits per heavy atom. The summed E-state index contributed by atoms with van der Waals surface area (Å²) in [6, 6.07) is 4.68. The minimum Gasteiger partial charge on any atom is -0.507 e. The number of aromatic hydroxyl groups is 3. The van der Waals surface area contributed by atoms with Gasteiger partial charge in [-0.3, -0.25) is 14.9 Å². The first kappa shape index (κ1) is 16.7. The number of benzene rings is 2. The summed E-state index contributed by atoms with van der Waals surface area (Å²) in [6.07, 6.45) is 0. The van der Waals surface area contributed by atoms with Gasteiger partial charge in [-0.25, -0.2) is 0 Å². The molecule has 2 aromatic rings. The first-order valence-corrected chi connectivity index (χ1v) is 6.66. The minimum atomic E-state index is -1.17. The molecule has 1 amide bonds. The van der Waals surface area contributed by atoms with Crippen LogP contribution in [0.2, 0.25) is 10.0 Å². The molecule has 0 bridgehead atoms. The largest absolute Gasteiger partial charge is 0.507 e. The van der Waals surface area contributed by atoms with E-state index < -0.39 is 39.3 Å². The third kappa shape index (κ3) is 3.38. The number of amides is 1. The number of rotatable bonds is 3. The average molecular weight is 359 g/mol. The summed E-state index contributed by atoms with van der Waals surface area (Å²) in [7, 11) is 0. The van der Waals surface area contributed by atoms with E-state index in [0.717, 1.165) is 0 Å². The summed E-state index contributed by atoms with van der Waals surface area (Å²) in [5.74, 6) is -4.04. The van der Waals surface area contributed by atoms with Crippen LogP contribution in [0, 0.1) is 10.1 Å². The highest BCUT2D eigenvalue weighted by atomic mass is 35.5. The third-order valence-corrected chi connectivity index (χ3v) is 3.20. The van der Waals surface area contributed by atoms with Crippen molar-refractivity contribution >= 4 is 40.5 Å². The van der Waals surface area contributed by atoms with E-state index in [2.05, 4.69) is 5.32 Å². The molecule has 0 atom stereocenters. The van der Waals surface area contributed by atoms with E-state index in [1.165, 1.54) is 18.2 Å². The van der Waals surface area contributed by atoms with Crippen molar-refractivity contribution in [3.63, 3.8) is 0 Å². The van der Waals surface area contributed by atoms with E-state index in [4.69, 9.17) is 23.2 Å². The van der Waals surface area contributed by atoms with Gasteiger partial charge in [-0.15, -0.1) is 0 Å². The van der Waals surface area contributed by atoms with E-state index in [1.807, 2.05) is 0 Å². The fourth-order valence-electron chi connectivity index (χ4n) is 1.85. The van der Waals surface area contributed by atoms with Crippen molar-refractivity contribution in [2.45, 2.75) is 0 Å². The molecule has 0 saturated carbocycles. The maximum Gasteiger partial charge on any atom is 0.353 e. The van der Waals surface area contributed by atoms with E-state index in [-0.39, 0.29) is 15.7 Å². The molecule has 0 aliphatic rings. The van der Waals surface area contributed by atoms with Crippen LogP contribution in [0.4, 0.5) is 11.4 Å². The highest BCUT2D eigenvalue weighted by Crippen LogP contribution is 2.43. The van der Waals surface area contributed by atoms with Crippen molar-refractivity contribution in [3.05, 3.63) is 50.0 Å². The average Bonchev–Trinajstić information content (AvgIpc) is 2.35. The molecule has 23 heavy (non-hydrogen) atoms. The van der Waals surface area contributed by atoms with E-state index in [9.17, 15) is 30.2 Å². The smallest absolute Gasteiger partial charge is 0.353 e. The number of anilines is 1. The molecule has 120 valence electrons. The van der Waals surface area contributed by atoms with Crippen molar-refractivity contribution < 1.29 is 25.0 Å². The molecule has 10 heteroatoms. The zero-order chi connectivity index (χ0) is 17.3.